The number of carbonyl (C=O) groups is 1. The Hall–Kier alpha value is -1.93. The largest absolute Gasteiger partial charge is 0.574 e. The molecule has 0 fully saturated rings. The molecule has 0 aliphatic rings. The number of alkyl halides is 5. The third kappa shape index (κ3) is 3.26. The summed E-state index contributed by atoms with van der Waals surface area (Å²) in [4.78, 5) is 13.2. The van der Waals surface area contributed by atoms with Crippen LogP contribution in [0, 0.1) is 0 Å². The maximum Gasteiger partial charge on any atom is 0.574 e. The second-order valence-electron chi connectivity index (χ2n) is 2.75. The van der Waals surface area contributed by atoms with Crippen LogP contribution in [0.4, 0.5) is 22.0 Å². The van der Waals surface area contributed by atoms with Crippen LogP contribution < -0.4 is 4.74 Å². The van der Waals surface area contributed by atoms with E-state index in [1.807, 2.05) is 0 Å². The zero-order valence-electron chi connectivity index (χ0n) is 7.83. The summed E-state index contributed by atoms with van der Waals surface area (Å²) in [5, 5.41) is 9.07. The number of carbonyl (C=O) groups excluding carboxylic acids is 1. The Morgan fingerprint density at radius 1 is 1.41 bits per heavy atom. The van der Waals surface area contributed by atoms with Gasteiger partial charge in [0.2, 0.25) is 5.88 Å². The van der Waals surface area contributed by atoms with Gasteiger partial charge in [-0.1, -0.05) is 0 Å². The van der Waals surface area contributed by atoms with E-state index in [-0.39, 0.29) is 12.4 Å². The number of aldehydes is 1. The molecule has 4 nitrogen and oxygen atoms in total. The highest BCUT2D eigenvalue weighted by Crippen LogP contribution is 2.33. The average molecular weight is 257 g/mol. The molecule has 0 spiro atoms. The zero-order valence-corrected chi connectivity index (χ0v) is 7.83. The van der Waals surface area contributed by atoms with Crippen LogP contribution in [0.2, 0.25) is 0 Å². The summed E-state index contributed by atoms with van der Waals surface area (Å²) in [5.41, 5.74) is -2.12. The lowest BCUT2D eigenvalue weighted by Crippen LogP contribution is -2.18. The number of hydrogen-bond donors (Lipinski definition) is 1. The smallest absolute Gasteiger partial charge is 0.505 e. The van der Waals surface area contributed by atoms with Crippen molar-refractivity contribution in [3.63, 3.8) is 0 Å². The molecule has 0 aromatic carbocycles. The van der Waals surface area contributed by atoms with Gasteiger partial charge in [0.15, 0.2) is 12.0 Å². The minimum atomic E-state index is -5.14. The lowest BCUT2D eigenvalue weighted by Gasteiger charge is -2.11. The van der Waals surface area contributed by atoms with E-state index < -0.39 is 35.7 Å². The van der Waals surface area contributed by atoms with Crippen molar-refractivity contribution in [2.45, 2.75) is 12.8 Å². The molecular formula is C8H4F5NO3. The fourth-order valence-electron chi connectivity index (χ4n) is 0.973. The molecule has 1 aromatic rings. The van der Waals surface area contributed by atoms with E-state index in [0.717, 1.165) is 0 Å². The second kappa shape index (κ2) is 4.52. The summed E-state index contributed by atoms with van der Waals surface area (Å²) in [5.74, 6) is -2.42. The standard InChI is InChI=1S/C8H4F5NO3/c9-7(10)3-1-5(17-8(11,12)13)14-4(2-15)6(3)16/h1-2,7,16H. The van der Waals surface area contributed by atoms with E-state index in [0.29, 0.717) is 0 Å². The molecule has 0 amide bonds. The Morgan fingerprint density at radius 3 is 2.41 bits per heavy atom. The van der Waals surface area contributed by atoms with Gasteiger partial charge in [-0.25, -0.2) is 13.8 Å². The summed E-state index contributed by atoms with van der Waals surface area (Å²) in [6.07, 6.45) is -8.57. The van der Waals surface area contributed by atoms with E-state index in [1.165, 1.54) is 0 Å². The molecule has 0 saturated carbocycles. The molecule has 17 heavy (non-hydrogen) atoms. The van der Waals surface area contributed by atoms with Crippen LogP contribution in [0.5, 0.6) is 11.6 Å². The molecule has 0 atom stereocenters. The molecule has 9 heteroatoms. The summed E-state index contributed by atoms with van der Waals surface area (Å²) >= 11 is 0. The molecule has 1 N–H and O–H groups in total. The summed E-state index contributed by atoms with van der Waals surface area (Å²) in [7, 11) is 0. The fourth-order valence-corrected chi connectivity index (χ4v) is 0.973. The van der Waals surface area contributed by atoms with Gasteiger partial charge in [-0.15, -0.1) is 13.2 Å². The molecule has 1 aromatic heterocycles. The van der Waals surface area contributed by atoms with Crippen LogP contribution >= 0.6 is 0 Å². The van der Waals surface area contributed by atoms with Crippen molar-refractivity contribution in [3.05, 3.63) is 17.3 Å². The van der Waals surface area contributed by atoms with Crippen LogP contribution in [0.1, 0.15) is 22.5 Å². The van der Waals surface area contributed by atoms with Gasteiger partial charge >= 0.3 is 6.36 Å². The van der Waals surface area contributed by atoms with E-state index in [1.54, 1.807) is 0 Å². The topological polar surface area (TPSA) is 59.4 Å². The molecule has 94 valence electrons. The second-order valence-corrected chi connectivity index (χ2v) is 2.75. The molecule has 1 heterocycles. The average Bonchev–Trinajstić information content (AvgIpc) is 2.17. The van der Waals surface area contributed by atoms with Crippen molar-refractivity contribution in [1.29, 1.82) is 0 Å². The van der Waals surface area contributed by atoms with Crippen molar-refractivity contribution in [2.75, 3.05) is 0 Å². The summed E-state index contributed by atoms with van der Waals surface area (Å²) < 4.78 is 63.3. The number of rotatable bonds is 3. The predicted octanol–water partition coefficient (Wildman–Crippen LogP) is 2.44. The van der Waals surface area contributed by atoms with Crippen LogP contribution in [-0.4, -0.2) is 22.7 Å². The number of nitrogens with zero attached hydrogens (tertiary/aromatic N) is 1. The van der Waals surface area contributed by atoms with Gasteiger partial charge < -0.3 is 9.84 Å². The maximum atomic E-state index is 12.3. The normalized spacial score (nSPS) is 11.6. The van der Waals surface area contributed by atoms with E-state index >= 15 is 0 Å². The molecule has 1 rings (SSSR count). The lowest BCUT2D eigenvalue weighted by atomic mass is 10.2. The number of aromatic nitrogens is 1. The fraction of sp³-hybridized carbons (Fsp3) is 0.250. The maximum absolute atomic E-state index is 12.3. The first-order chi connectivity index (χ1) is 7.74. The van der Waals surface area contributed by atoms with Crippen molar-refractivity contribution >= 4 is 6.29 Å². The third-order valence-electron chi connectivity index (χ3n) is 1.59. The Balaban J connectivity index is 3.25. The Labute approximate surface area is 90.6 Å². The molecule has 0 bridgehead atoms. The lowest BCUT2D eigenvalue weighted by molar-refractivity contribution is -0.276. The van der Waals surface area contributed by atoms with E-state index in [2.05, 4.69) is 9.72 Å². The first-order valence-corrected chi connectivity index (χ1v) is 3.97. The third-order valence-corrected chi connectivity index (χ3v) is 1.59. The number of ether oxygens (including phenoxy) is 1. The number of halogens is 5. The van der Waals surface area contributed by atoms with Gasteiger partial charge in [0.25, 0.3) is 6.43 Å². The van der Waals surface area contributed by atoms with Crippen LogP contribution in [-0.2, 0) is 0 Å². The molecule has 0 aliphatic carbocycles. The van der Waals surface area contributed by atoms with Gasteiger partial charge in [-0.2, -0.15) is 0 Å². The van der Waals surface area contributed by atoms with E-state index in [4.69, 9.17) is 5.11 Å². The Bertz CT molecular complexity index is 432. The zero-order chi connectivity index (χ0) is 13.2. The first kappa shape index (κ1) is 13.1. The van der Waals surface area contributed by atoms with Gasteiger partial charge in [0.05, 0.1) is 5.56 Å². The van der Waals surface area contributed by atoms with Crippen LogP contribution in [0.3, 0.4) is 0 Å². The molecule has 0 radical (unpaired) electrons. The molecule has 0 saturated heterocycles. The highest BCUT2D eigenvalue weighted by Gasteiger charge is 2.33. The number of pyridine rings is 1. The quantitative estimate of drug-likeness (QED) is 0.667. The Kier molecular flexibility index (Phi) is 3.49. The van der Waals surface area contributed by atoms with Crippen molar-refractivity contribution < 1.29 is 36.6 Å². The van der Waals surface area contributed by atoms with Crippen LogP contribution in [0.15, 0.2) is 6.07 Å². The number of hydrogen-bond acceptors (Lipinski definition) is 4. The SMILES string of the molecule is O=Cc1nc(OC(F)(F)F)cc(C(F)F)c1O. The monoisotopic (exact) mass is 257 g/mol. The number of aromatic hydroxyl groups is 1. The highest BCUT2D eigenvalue weighted by molar-refractivity contribution is 5.77. The van der Waals surface area contributed by atoms with Gasteiger partial charge in [0.1, 0.15) is 5.69 Å². The van der Waals surface area contributed by atoms with Crippen molar-refractivity contribution in [2.24, 2.45) is 0 Å². The molecule has 0 unspecified atom stereocenters. The van der Waals surface area contributed by atoms with Gasteiger partial charge in [-0.3, -0.25) is 4.79 Å². The predicted molar refractivity (Wildman–Crippen MR) is 42.9 cm³/mol. The van der Waals surface area contributed by atoms with Crippen molar-refractivity contribution in [1.82, 2.24) is 4.98 Å². The van der Waals surface area contributed by atoms with Crippen LogP contribution in [0.25, 0.3) is 0 Å². The van der Waals surface area contributed by atoms with E-state index in [9.17, 15) is 26.7 Å². The molecule has 0 aliphatic heterocycles. The summed E-state index contributed by atoms with van der Waals surface area (Å²) in [6, 6.07) is 0.209. The summed E-state index contributed by atoms with van der Waals surface area (Å²) in [6.45, 7) is 0. The van der Waals surface area contributed by atoms with Gasteiger partial charge in [-0.05, 0) is 0 Å². The Morgan fingerprint density at radius 2 is 2.00 bits per heavy atom. The first-order valence-electron chi connectivity index (χ1n) is 3.97. The van der Waals surface area contributed by atoms with Crippen molar-refractivity contribution in [3.8, 4) is 11.6 Å². The van der Waals surface area contributed by atoms with Gasteiger partial charge in [0, 0.05) is 6.07 Å². The molecular weight excluding hydrogens is 253 g/mol. The minimum Gasteiger partial charge on any atom is -0.505 e. The highest BCUT2D eigenvalue weighted by atomic mass is 19.4. The minimum absolute atomic E-state index is 0.162.